The van der Waals surface area contributed by atoms with Crippen LogP contribution in [-0.4, -0.2) is 22.2 Å². The number of carbonyl (C=O) groups excluding carboxylic acids is 1. The molecule has 0 radical (unpaired) electrons. The van der Waals surface area contributed by atoms with Crippen LogP contribution in [0.2, 0.25) is 5.02 Å². The Morgan fingerprint density at radius 1 is 1.33 bits per heavy atom. The van der Waals surface area contributed by atoms with E-state index < -0.39 is 12.4 Å². The number of nitrogens with zero attached hydrogens (tertiary/aromatic N) is 2. The van der Waals surface area contributed by atoms with Crippen molar-refractivity contribution in [3.63, 3.8) is 0 Å². The van der Waals surface area contributed by atoms with Gasteiger partial charge in [-0.3, -0.25) is 9.48 Å². The van der Waals surface area contributed by atoms with Crippen LogP contribution >= 0.6 is 11.6 Å². The van der Waals surface area contributed by atoms with Crippen LogP contribution in [0.4, 0.5) is 8.78 Å². The van der Waals surface area contributed by atoms with Crippen molar-refractivity contribution in [1.29, 1.82) is 0 Å². The molecule has 0 fully saturated rings. The van der Waals surface area contributed by atoms with Crippen molar-refractivity contribution in [3.8, 4) is 5.75 Å². The summed E-state index contributed by atoms with van der Waals surface area (Å²) in [6, 6.07) is 5.70. The third-order valence-corrected chi connectivity index (χ3v) is 3.08. The van der Waals surface area contributed by atoms with Crippen LogP contribution in [0.3, 0.4) is 0 Å². The summed E-state index contributed by atoms with van der Waals surface area (Å²) >= 11 is 6.00. The summed E-state index contributed by atoms with van der Waals surface area (Å²) in [4.78, 5) is 12.6. The van der Waals surface area contributed by atoms with Crippen LogP contribution in [-0.2, 0) is 0 Å². The molecule has 7 heteroatoms. The second-order valence-electron chi connectivity index (χ2n) is 4.58. The number of ketones is 1. The summed E-state index contributed by atoms with van der Waals surface area (Å²) in [5.74, 6) is -0.701. The van der Waals surface area contributed by atoms with Gasteiger partial charge in [-0.05, 0) is 26.0 Å². The van der Waals surface area contributed by atoms with Gasteiger partial charge < -0.3 is 4.74 Å². The van der Waals surface area contributed by atoms with Gasteiger partial charge in [-0.25, -0.2) is 0 Å². The molecule has 0 N–H and O–H groups in total. The van der Waals surface area contributed by atoms with Crippen molar-refractivity contribution in [2.75, 3.05) is 0 Å². The standard InChI is InChI=1S/C14H13ClF2N2O2/c1-8(2)19-12(10(15)7-18-19)13(20)9-5-3-4-6-11(9)21-14(16)17/h3-8,14H,1-2H3. The quantitative estimate of drug-likeness (QED) is 0.785. The number of rotatable bonds is 5. The summed E-state index contributed by atoms with van der Waals surface area (Å²) in [6.07, 6.45) is 1.35. The first-order valence-corrected chi connectivity index (χ1v) is 6.61. The van der Waals surface area contributed by atoms with Gasteiger partial charge in [0.1, 0.15) is 11.4 Å². The van der Waals surface area contributed by atoms with E-state index in [0.717, 1.165) is 0 Å². The molecule has 0 bridgehead atoms. The number of ether oxygens (including phenoxy) is 1. The van der Waals surface area contributed by atoms with E-state index in [2.05, 4.69) is 9.84 Å². The van der Waals surface area contributed by atoms with Gasteiger partial charge in [-0.2, -0.15) is 13.9 Å². The van der Waals surface area contributed by atoms with Gasteiger partial charge in [0.05, 0.1) is 16.8 Å². The van der Waals surface area contributed by atoms with Crippen LogP contribution < -0.4 is 4.74 Å². The third kappa shape index (κ3) is 3.21. The van der Waals surface area contributed by atoms with Gasteiger partial charge >= 0.3 is 6.61 Å². The molecule has 4 nitrogen and oxygen atoms in total. The molecule has 0 aliphatic heterocycles. The van der Waals surface area contributed by atoms with E-state index in [-0.39, 0.29) is 28.1 Å². The van der Waals surface area contributed by atoms with E-state index in [1.807, 2.05) is 13.8 Å². The Bertz CT molecular complexity index is 656. The molecule has 0 unspecified atom stereocenters. The minimum atomic E-state index is -3.01. The molecule has 0 aliphatic carbocycles. The van der Waals surface area contributed by atoms with Gasteiger partial charge in [0.2, 0.25) is 5.78 Å². The van der Waals surface area contributed by atoms with E-state index >= 15 is 0 Å². The van der Waals surface area contributed by atoms with Crippen LogP contribution in [0.25, 0.3) is 0 Å². The molecular weight excluding hydrogens is 302 g/mol. The summed E-state index contributed by atoms with van der Waals surface area (Å²) in [5, 5.41) is 4.19. The molecule has 112 valence electrons. The van der Waals surface area contributed by atoms with Gasteiger partial charge in [0.25, 0.3) is 0 Å². The molecule has 0 spiro atoms. The Kier molecular flexibility index (Phi) is 4.57. The third-order valence-electron chi connectivity index (χ3n) is 2.80. The highest BCUT2D eigenvalue weighted by Crippen LogP contribution is 2.27. The fraction of sp³-hybridized carbons (Fsp3) is 0.286. The molecule has 21 heavy (non-hydrogen) atoms. The van der Waals surface area contributed by atoms with Crippen LogP contribution in [0, 0.1) is 0 Å². The van der Waals surface area contributed by atoms with Crippen molar-refractivity contribution >= 4 is 17.4 Å². The van der Waals surface area contributed by atoms with Gasteiger partial charge in [0, 0.05) is 6.04 Å². The zero-order valence-electron chi connectivity index (χ0n) is 11.4. The average molecular weight is 315 g/mol. The summed E-state index contributed by atoms with van der Waals surface area (Å²) in [5.41, 5.74) is 0.166. The fourth-order valence-electron chi connectivity index (χ4n) is 1.93. The van der Waals surface area contributed by atoms with Crippen LogP contribution in [0.15, 0.2) is 30.5 Å². The van der Waals surface area contributed by atoms with Gasteiger partial charge in [0.15, 0.2) is 0 Å². The topological polar surface area (TPSA) is 44.1 Å². The Morgan fingerprint density at radius 3 is 2.62 bits per heavy atom. The minimum Gasteiger partial charge on any atom is -0.434 e. The lowest BCUT2D eigenvalue weighted by atomic mass is 10.1. The maximum Gasteiger partial charge on any atom is 0.387 e. The van der Waals surface area contributed by atoms with Crippen molar-refractivity contribution < 1.29 is 18.3 Å². The first-order valence-electron chi connectivity index (χ1n) is 6.23. The number of halogens is 3. The molecular formula is C14H13ClF2N2O2. The highest BCUT2D eigenvalue weighted by atomic mass is 35.5. The van der Waals surface area contributed by atoms with Crippen molar-refractivity contribution in [3.05, 3.63) is 46.7 Å². The zero-order valence-corrected chi connectivity index (χ0v) is 12.1. The van der Waals surface area contributed by atoms with E-state index in [1.54, 1.807) is 6.07 Å². The highest BCUT2D eigenvalue weighted by Gasteiger charge is 2.24. The van der Waals surface area contributed by atoms with Crippen LogP contribution in [0.1, 0.15) is 35.9 Å². The molecule has 1 aromatic heterocycles. The number of alkyl halides is 2. The lowest BCUT2D eigenvalue weighted by molar-refractivity contribution is -0.0501. The Hall–Kier alpha value is -1.95. The molecule has 2 aromatic rings. The van der Waals surface area contributed by atoms with Crippen molar-refractivity contribution in [1.82, 2.24) is 9.78 Å². The lowest BCUT2D eigenvalue weighted by Gasteiger charge is -2.13. The number of carbonyl (C=O) groups is 1. The first kappa shape index (κ1) is 15.4. The van der Waals surface area contributed by atoms with E-state index in [0.29, 0.717) is 0 Å². The highest BCUT2D eigenvalue weighted by molar-refractivity contribution is 6.34. The SMILES string of the molecule is CC(C)n1ncc(Cl)c1C(=O)c1ccccc1OC(F)F. The summed E-state index contributed by atoms with van der Waals surface area (Å²) in [7, 11) is 0. The maximum absolute atomic E-state index is 12.6. The Balaban J connectivity index is 2.48. The smallest absolute Gasteiger partial charge is 0.387 e. The number of para-hydroxylation sites is 1. The maximum atomic E-state index is 12.6. The number of hydrogen-bond donors (Lipinski definition) is 0. The van der Waals surface area contributed by atoms with E-state index in [4.69, 9.17) is 11.6 Å². The predicted molar refractivity (Wildman–Crippen MR) is 74.1 cm³/mol. The normalized spacial score (nSPS) is 11.2. The Morgan fingerprint density at radius 2 is 2.00 bits per heavy atom. The molecule has 1 aromatic carbocycles. The van der Waals surface area contributed by atoms with Crippen LogP contribution in [0.5, 0.6) is 5.75 Å². The second-order valence-corrected chi connectivity index (χ2v) is 4.99. The van der Waals surface area contributed by atoms with Crippen molar-refractivity contribution in [2.24, 2.45) is 0 Å². The van der Waals surface area contributed by atoms with Gasteiger partial charge in [-0.1, -0.05) is 23.7 Å². The van der Waals surface area contributed by atoms with Gasteiger partial charge in [-0.15, -0.1) is 0 Å². The van der Waals surface area contributed by atoms with E-state index in [1.165, 1.54) is 29.1 Å². The minimum absolute atomic E-state index is 0.0158. The lowest BCUT2D eigenvalue weighted by Crippen LogP contribution is -2.15. The number of hydrogen-bond acceptors (Lipinski definition) is 3. The van der Waals surface area contributed by atoms with E-state index in [9.17, 15) is 13.6 Å². The molecule has 2 rings (SSSR count). The monoisotopic (exact) mass is 314 g/mol. The molecule has 0 aliphatic rings. The summed E-state index contributed by atoms with van der Waals surface area (Å²) in [6.45, 7) is 0.660. The molecule has 0 saturated carbocycles. The number of aromatic nitrogens is 2. The largest absolute Gasteiger partial charge is 0.434 e. The number of benzene rings is 1. The first-order chi connectivity index (χ1) is 9.91. The molecule has 1 heterocycles. The molecule has 0 atom stereocenters. The summed E-state index contributed by atoms with van der Waals surface area (Å²) < 4.78 is 30.7. The predicted octanol–water partition coefficient (Wildman–Crippen LogP) is 3.95. The average Bonchev–Trinajstić information content (AvgIpc) is 2.80. The van der Waals surface area contributed by atoms with Crippen molar-refractivity contribution in [2.45, 2.75) is 26.5 Å². The second kappa shape index (κ2) is 6.22. The molecule has 0 amide bonds. The Labute approximate surface area is 125 Å². The zero-order chi connectivity index (χ0) is 15.6. The fourth-order valence-corrected chi connectivity index (χ4v) is 2.14. The molecule has 0 saturated heterocycles.